The first-order chi connectivity index (χ1) is 9.40. The molecule has 0 bridgehead atoms. The molecule has 1 heterocycles. The van der Waals surface area contributed by atoms with Crippen LogP contribution in [-0.4, -0.2) is 17.9 Å². The fourth-order valence-electron chi connectivity index (χ4n) is 1.68. The van der Waals surface area contributed by atoms with Gasteiger partial charge in [0, 0.05) is 24.2 Å². The van der Waals surface area contributed by atoms with Crippen LogP contribution in [0.25, 0.3) is 0 Å². The van der Waals surface area contributed by atoms with Gasteiger partial charge in [0.1, 0.15) is 10.2 Å². The first-order valence-electron chi connectivity index (χ1n) is 5.53. The second-order valence-corrected chi connectivity index (χ2v) is 6.79. The molecule has 0 saturated heterocycles. The van der Waals surface area contributed by atoms with E-state index in [0.717, 1.165) is 11.3 Å². The Morgan fingerprint density at radius 2 is 2.05 bits per heavy atom. The van der Waals surface area contributed by atoms with Gasteiger partial charge < -0.3 is 4.90 Å². The number of benzene rings is 1. The highest BCUT2D eigenvalue weighted by Gasteiger charge is 2.20. The summed E-state index contributed by atoms with van der Waals surface area (Å²) in [5.74, 6) is -0.788. The SMILES string of the molecule is CN(Cc1c(F)cccc1Cl)C(=O)c1cc(Cl)sc1Cl. The van der Waals surface area contributed by atoms with Gasteiger partial charge in [-0.1, -0.05) is 40.9 Å². The van der Waals surface area contributed by atoms with Gasteiger partial charge in [0.2, 0.25) is 0 Å². The molecule has 0 fully saturated rings. The summed E-state index contributed by atoms with van der Waals surface area (Å²) in [4.78, 5) is 13.6. The van der Waals surface area contributed by atoms with Crippen molar-refractivity contribution in [2.45, 2.75) is 6.54 Å². The highest BCUT2D eigenvalue weighted by Crippen LogP contribution is 2.32. The van der Waals surface area contributed by atoms with Crippen LogP contribution < -0.4 is 0 Å². The number of halogens is 4. The van der Waals surface area contributed by atoms with Crippen molar-refractivity contribution < 1.29 is 9.18 Å². The number of thiophene rings is 1. The molecule has 0 atom stereocenters. The fraction of sp³-hybridized carbons (Fsp3) is 0.154. The molecule has 0 aliphatic carbocycles. The second kappa shape index (κ2) is 6.31. The Bertz CT molecular complexity index is 639. The second-order valence-electron chi connectivity index (χ2n) is 4.10. The van der Waals surface area contributed by atoms with E-state index in [4.69, 9.17) is 34.8 Å². The van der Waals surface area contributed by atoms with Gasteiger partial charge in [-0.3, -0.25) is 4.79 Å². The highest BCUT2D eigenvalue weighted by molar-refractivity contribution is 7.20. The molecule has 2 nitrogen and oxygen atoms in total. The number of nitrogens with zero attached hydrogens (tertiary/aromatic N) is 1. The molecule has 0 N–H and O–H groups in total. The van der Waals surface area contributed by atoms with Gasteiger partial charge in [0.25, 0.3) is 5.91 Å². The van der Waals surface area contributed by atoms with E-state index in [1.165, 1.54) is 23.1 Å². The molecule has 7 heteroatoms. The van der Waals surface area contributed by atoms with E-state index < -0.39 is 5.82 Å². The van der Waals surface area contributed by atoms with Crippen LogP contribution in [0.3, 0.4) is 0 Å². The van der Waals surface area contributed by atoms with Crippen molar-refractivity contribution in [3.63, 3.8) is 0 Å². The van der Waals surface area contributed by atoms with Gasteiger partial charge in [0.15, 0.2) is 0 Å². The van der Waals surface area contributed by atoms with Gasteiger partial charge in [0.05, 0.1) is 9.90 Å². The van der Waals surface area contributed by atoms with E-state index in [1.54, 1.807) is 13.1 Å². The molecule has 2 aromatic rings. The van der Waals surface area contributed by atoms with Crippen molar-refractivity contribution in [2.24, 2.45) is 0 Å². The normalized spacial score (nSPS) is 10.7. The van der Waals surface area contributed by atoms with Gasteiger partial charge in [-0.05, 0) is 18.2 Å². The Balaban J connectivity index is 2.22. The van der Waals surface area contributed by atoms with E-state index >= 15 is 0 Å². The first-order valence-corrected chi connectivity index (χ1v) is 7.48. The molecule has 0 spiro atoms. The molecule has 0 aliphatic rings. The van der Waals surface area contributed by atoms with Crippen LogP contribution in [0.5, 0.6) is 0 Å². The van der Waals surface area contributed by atoms with Crippen LogP contribution >= 0.6 is 46.1 Å². The van der Waals surface area contributed by atoms with E-state index in [1.807, 2.05) is 0 Å². The molecular formula is C13H9Cl3FNOS. The predicted octanol–water partition coefficient (Wildman–Crippen LogP) is 5.12. The van der Waals surface area contributed by atoms with Gasteiger partial charge in [-0.15, -0.1) is 11.3 Å². The summed E-state index contributed by atoms with van der Waals surface area (Å²) in [5, 5.41) is 0.277. The van der Waals surface area contributed by atoms with E-state index in [2.05, 4.69) is 0 Å². The van der Waals surface area contributed by atoms with E-state index in [-0.39, 0.29) is 23.0 Å². The van der Waals surface area contributed by atoms with Crippen LogP contribution in [0.15, 0.2) is 24.3 Å². The Hall–Kier alpha value is -0.810. The number of hydrogen-bond acceptors (Lipinski definition) is 2. The van der Waals surface area contributed by atoms with Crippen LogP contribution in [0.1, 0.15) is 15.9 Å². The highest BCUT2D eigenvalue weighted by atomic mass is 35.5. The molecule has 1 aromatic carbocycles. The van der Waals surface area contributed by atoms with Gasteiger partial charge >= 0.3 is 0 Å². The summed E-state index contributed by atoms with van der Waals surface area (Å²) < 4.78 is 14.4. The molecule has 1 amide bonds. The minimum atomic E-state index is -0.452. The Kier molecular flexibility index (Phi) is 4.91. The van der Waals surface area contributed by atoms with Gasteiger partial charge in [-0.25, -0.2) is 4.39 Å². The third-order valence-electron chi connectivity index (χ3n) is 2.69. The molecule has 20 heavy (non-hydrogen) atoms. The summed E-state index contributed by atoms with van der Waals surface area (Å²) in [6.07, 6.45) is 0. The largest absolute Gasteiger partial charge is 0.337 e. The Morgan fingerprint density at radius 1 is 1.35 bits per heavy atom. The number of carbonyl (C=O) groups excluding carboxylic acids is 1. The molecular weight excluding hydrogens is 344 g/mol. The molecule has 0 unspecified atom stereocenters. The minimum Gasteiger partial charge on any atom is -0.337 e. The van der Waals surface area contributed by atoms with Crippen LogP contribution in [0, 0.1) is 5.82 Å². The van der Waals surface area contributed by atoms with Crippen molar-refractivity contribution in [1.82, 2.24) is 4.90 Å². The smallest absolute Gasteiger partial charge is 0.256 e. The zero-order valence-electron chi connectivity index (χ0n) is 10.3. The average Bonchev–Trinajstić information content (AvgIpc) is 2.72. The molecule has 0 aliphatic heterocycles. The number of hydrogen-bond donors (Lipinski definition) is 0. The van der Waals surface area contributed by atoms with Crippen molar-refractivity contribution in [3.05, 3.63) is 54.9 Å². The van der Waals surface area contributed by atoms with Crippen molar-refractivity contribution in [2.75, 3.05) is 7.05 Å². The van der Waals surface area contributed by atoms with E-state index in [9.17, 15) is 9.18 Å². The average molecular weight is 353 g/mol. The van der Waals surface area contributed by atoms with Crippen molar-refractivity contribution >= 4 is 52.0 Å². The molecule has 2 rings (SSSR count). The maximum absolute atomic E-state index is 13.7. The number of amides is 1. The lowest BCUT2D eigenvalue weighted by Gasteiger charge is -2.18. The lowest BCUT2D eigenvalue weighted by Crippen LogP contribution is -2.26. The fourth-order valence-corrected chi connectivity index (χ4v) is 3.35. The molecule has 0 saturated carbocycles. The quantitative estimate of drug-likeness (QED) is 0.751. The van der Waals surface area contributed by atoms with Crippen LogP contribution in [0.2, 0.25) is 13.7 Å². The van der Waals surface area contributed by atoms with Crippen LogP contribution in [-0.2, 0) is 6.54 Å². The maximum atomic E-state index is 13.7. The van der Waals surface area contributed by atoms with Crippen molar-refractivity contribution in [3.8, 4) is 0 Å². The third kappa shape index (κ3) is 3.26. The topological polar surface area (TPSA) is 20.3 Å². The Morgan fingerprint density at radius 3 is 2.60 bits per heavy atom. The molecule has 0 radical (unpaired) electrons. The predicted molar refractivity (Wildman–Crippen MR) is 81.5 cm³/mol. The number of carbonyl (C=O) groups is 1. The Labute approximate surface area is 134 Å². The molecule has 106 valence electrons. The first kappa shape index (κ1) is 15.6. The van der Waals surface area contributed by atoms with Crippen molar-refractivity contribution in [1.29, 1.82) is 0 Å². The lowest BCUT2D eigenvalue weighted by molar-refractivity contribution is 0.0784. The monoisotopic (exact) mass is 351 g/mol. The third-order valence-corrected chi connectivity index (χ3v) is 4.53. The summed E-state index contributed by atoms with van der Waals surface area (Å²) in [6.45, 7) is 0.0497. The zero-order chi connectivity index (χ0) is 14.9. The summed E-state index contributed by atoms with van der Waals surface area (Å²) >= 11 is 18.8. The lowest BCUT2D eigenvalue weighted by atomic mass is 10.2. The summed E-state index contributed by atoms with van der Waals surface area (Å²) in [5.41, 5.74) is 0.569. The van der Waals surface area contributed by atoms with Gasteiger partial charge in [-0.2, -0.15) is 0 Å². The maximum Gasteiger partial charge on any atom is 0.256 e. The summed E-state index contributed by atoms with van der Waals surface area (Å²) in [6, 6.07) is 5.88. The van der Waals surface area contributed by atoms with Crippen LogP contribution in [0.4, 0.5) is 4.39 Å². The number of rotatable bonds is 3. The molecule has 1 aromatic heterocycles. The minimum absolute atomic E-state index is 0.0497. The summed E-state index contributed by atoms with van der Waals surface area (Å²) in [7, 11) is 1.55. The van der Waals surface area contributed by atoms with E-state index in [0.29, 0.717) is 14.2 Å². The zero-order valence-corrected chi connectivity index (χ0v) is 13.4. The standard InChI is InChI=1S/C13H9Cl3FNOS/c1-18(6-8-9(14)3-2-4-10(8)17)13(19)7-5-11(15)20-12(7)16/h2-5H,6H2,1H3.